The van der Waals surface area contributed by atoms with E-state index < -0.39 is 0 Å². The summed E-state index contributed by atoms with van der Waals surface area (Å²) in [6.07, 6.45) is 7.05. The van der Waals surface area contributed by atoms with Crippen LogP contribution >= 0.6 is 22.6 Å². The molecule has 4 aliphatic rings. The van der Waals surface area contributed by atoms with E-state index in [0.29, 0.717) is 12.1 Å². The zero-order chi connectivity index (χ0) is 18.7. The van der Waals surface area contributed by atoms with Crippen LogP contribution in [0, 0.1) is 3.70 Å². The van der Waals surface area contributed by atoms with Crippen LogP contribution in [-0.4, -0.2) is 65.8 Å². The zero-order valence-corrected chi connectivity index (χ0v) is 18.2. The lowest BCUT2D eigenvalue weighted by atomic mass is 9.88. The molecule has 28 heavy (non-hydrogen) atoms. The maximum Gasteiger partial charge on any atom is 0.186 e. The third-order valence-electron chi connectivity index (χ3n) is 7.15. The Hall–Kier alpha value is -1.13. The van der Waals surface area contributed by atoms with E-state index in [1.807, 2.05) is 0 Å². The van der Waals surface area contributed by atoms with Gasteiger partial charge in [-0.15, -0.1) is 0 Å². The van der Waals surface area contributed by atoms with Crippen molar-refractivity contribution in [2.45, 2.75) is 56.2 Å². The van der Waals surface area contributed by atoms with Crippen LogP contribution in [0.4, 0.5) is 11.5 Å². The van der Waals surface area contributed by atoms with Gasteiger partial charge in [-0.2, -0.15) is 5.10 Å². The number of nitrogens with zero attached hydrogens (tertiary/aromatic N) is 4. The number of ether oxygens (including phenoxy) is 2. The largest absolute Gasteiger partial charge is 0.377 e. The monoisotopic (exact) mass is 495 g/mol. The SMILES string of the molecule is Ic1[nH]nc2nc(N3C4CCC3COC4)cc(N3CCC4(CCCO4)CC3)c12. The number of hydrogen-bond donors (Lipinski definition) is 1. The Morgan fingerprint density at radius 2 is 1.93 bits per heavy atom. The number of rotatable bonds is 2. The first kappa shape index (κ1) is 17.7. The molecule has 2 aromatic rings. The topological polar surface area (TPSA) is 66.5 Å². The Morgan fingerprint density at radius 1 is 1.14 bits per heavy atom. The molecule has 7 nitrogen and oxygen atoms in total. The molecule has 0 aliphatic carbocycles. The summed E-state index contributed by atoms with van der Waals surface area (Å²) >= 11 is 2.35. The molecule has 4 saturated heterocycles. The van der Waals surface area contributed by atoms with Gasteiger partial charge in [0.2, 0.25) is 0 Å². The molecule has 1 N–H and O–H groups in total. The molecule has 4 aliphatic heterocycles. The Kier molecular flexibility index (Phi) is 4.24. The molecular formula is C20H26IN5O2. The fourth-order valence-electron chi connectivity index (χ4n) is 5.64. The first-order valence-electron chi connectivity index (χ1n) is 10.5. The van der Waals surface area contributed by atoms with Gasteiger partial charge < -0.3 is 19.3 Å². The van der Waals surface area contributed by atoms with E-state index in [1.54, 1.807) is 0 Å². The van der Waals surface area contributed by atoms with Crippen LogP contribution in [0.15, 0.2) is 6.07 Å². The van der Waals surface area contributed by atoms with E-state index in [0.717, 1.165) is 66.3 Å². The molecular weight excluding hydrogens is 469 g/mol. The second kappa shape index (κ2) is 6.70. The molecule has 0 amide bonds. The number of halogens is 1. The van der Waals surface area contributed by atoms with Crippen LogP contribution in [-0.2, 0) is 9.47 Å². The molecule has 2 bridgehead atoms. The summed E-state index contributed by atoms with van der Waals surface area (Å²) in [5.41, 5.74) is 2.25. The summed E-state index contributed by atoms with van der Waals surface area (Å²) < 4.78 is 13.0. The highest BCUT2D eigenvalue weighted by atomic mass is 127. The van der Waals surface area contributed by atoms with Gasteiger partial charge in [0.1, 0.15) is 9.52 Å². The third kappa shape index (κ3) is 2.74. The lowest BCUT2D eigenvalue weighted by molar-refractivity contribution is -0.0145. The van der Waals surface area contributed by atoms with Crippen molar-refractivity contribution in [3.05, 3.63) is 9.77 Å². The number of hydrogen-bond acceptors (Lipinski definition) is 6. The van der Waals surface area contributed by atoms with Crippen molar-refractivity contribution in [2.24, 2.45) is 0 Å². The Bertz CT molecular complexity index is 870. The van der Waals surface area contributed by atoms with Gasteiger partial charge in [0.05, 0.1) is 42.0 Å². The number of pyridine rings is 1. The van der Waals surface area contributed by atoms with Crippen LogP contribution in [0.3, 0.4) is 0 Å². The predicted octanol–water partition coefficient (Wildman–Crippen LogP) is 3.08. The number of morpholine rings is 1. The summed E-state index contributed by atoms with van der Waals surface area (Å²) in [7, 11) is 0. The molecule has 1 spiro atoms. The number of piperidine rings is 1. The molecule has 0 aromatic carbocycles. The van der Waals surface area contributed by atoms with E-state index in [2.05, 4.69) is 48.7 Å². The van der Waals surface area contributed by atoms with Gasteiger partial charge in [0, 0.05) is 25.8 Å². The number of anilines is 2. The van der Waals surface area contributed by atoms with Gasteiger partial charge in [-0.25, -0.2) is 4.98 Å². The van der Waals surface area contributed by atoms with Crippen LogP contribution < -0.4 is 9.80 Å². The first-order valence-corrected chi connectivity index (χ1v) is 11.6. The van der Waals surface area contributed by atoms with Crippen molar-refractivity contribution in [1.82, 2.24) is 15.2 Å². The predicted molar refractivity (Wildman–Crippen MR) is 116 cm³/mol. The zero-order valence-electron chi connectivity index (χ0n) is 16.0. The van der Waals surface area contributed by atoms with Crippen molar-refractivity contribution in [1.29, 1.82) is 0 Å². The normalized spacial score (nSPS) is 29.3. The van der Waals surface area contributed by atoms with Crippen LogP contribution in [0.25, 0.3) is 11.0 Å². The van der Waals surface area contributed by atoms with Gasteiger partial charge in [-0.3, -0.25) is 5.10 Å². The number of aromatic nitrogens is 3. The van der Waals surface area contributed by atoms with E-state index in [1.165, 1.54) is 31.4 Å². The molecule has 2 unspecified atom stereocenters. The highest BCUT2D eigenvalue weighted by Crippen LogP contribution is 2.41. The van der Waals surface area contributed by atoms with Gasteiger partial charge in [0.25, 0.3) is 0 Å². The van der Waals surface area contributed by atoms with Gasteiger partial charge in [-0.1, -0.05) is 0 Å². The van der Waals surface area contributed by atoms with Gasteiger partial charge in [-0.05, 0) is 61.1 Å². The fourth-order valence-corrected chi connectivity index (χ4v) is 6.28. The lowest BCUT2D eigenvalue weighted by Crippen LogP contribution is -2.46. The molecule has 150 valence electrons. The summed E-state index contributed by atoms with van der Waals surface area (Å²) in [5, 5.41) is 8.83. The van der Waals surface area contributed by atoms with Crippen molar-refractivity contribution in [2.75, 3.05) is 42.7 Å². The lowest BCUT2D eigenvalue weighted by Gasteiger charge is -2.40. The summed E-state index contributed by atoms with van der Waals surface area (Å²) in [5.74, 6) is 1.07. The average Bonchev–Trinajstić information content (AvgIpc) is 3.39. The van der Waals surface area contributed by atoms with Gasteiger partial charge in [0.15, 0.2) is 5.65 Å². The number of fused-ring (bicyclic) bond motifs is 3. The van der Waals surface area contributed by atoms with Crippen LogP contribution in [0.5, 0.6) is 0 Å². The second-order valence-electron chi connectivity index (χ2n) is 8.69. The number of H-pyrrole nitrogens is 1. The smallest absolute Gasteiger partial charge is 0.186 e. The van der Waals surface area contributed by atoms with E-state index in [4.69, 9.17) is 14.5 Å². The van der Waals surface area contributed by atoms with E-state index in [9.17, 15) is 0 Å². The van der Waals surface area contributed by atoms with Crippen LogP contribution in [0.2, 0.25) is 0 Å². The van der Waals surface area contributed by atoms with E-state index in [-0.39, 0.29) is 5.60 Å². The molecule has 2 aromatic heterocycles. The van der Waals surface area contributed by atoms with Gasteiger partial charge >= 0.3 is 0 Å². The average molecular weight is 495 g/mol. The molecule has 6 rings (SSSR count). The minimum absolute atomic E-state index is 0.137. The minimum Gasteiger partial charge on any atom is -0.377 e. The maximum absolute atomic E-state index is 6.14. The Morgan fingerprint density at radius 3 is 2.64 bits per heavy atom. The van der Waals surface area contributed by atoms with Crippen molar-refractivity contribution < 1.29 is 9.47 Å². The third-order valence-corrected chi connectivity index (χ3v) is 7.93. The number of nitrogens with one attached hydrogen (secondary N) is 1. The molecule has 0 saturated carbocycles. The first-order chi connectivity index (χ1) is 13.7. The molecule has 6 heterocycles. The molecule has 4 fully saturated rings. The molecule has 0 radical (unpaired) electrons. The summed E-state index contributed by atoms with van der Waals surface area (Å²) in [4.78, 5) is 9.99. The Balaban J connectivity index is 1.37. The molecule has 8 heteroatoms. The Labute approximate surface area is 178 Å². The maximum atomic E-state index is 6.14. The van der Waals surface area contributed by atoms with Crippen molar-refractivity contribution in [3.63, 3.8) is 0 Å². The minimum atomic E-state index is 0.137. The number of aromatic amines is 1. The van der Waals surface area contributed by atoms with Crippen molar-refractivity contribution >= 4 is 45.1 Å². The standard InChI is InChI=1S/C20H26IN5O2/c21-18-17-15(25-7-5-20(6-8-25)4-1-9-28-20)10-16(22-19(17)24-23-18)26-13-2-3-14(26)12-27-11-13/h10,13-14H,1-9,11-12H2,(H,22,23,24). The highest BCUT2D eigenvalue weighted by Gasteiger charge is 2.41. The summed E-state index contributed by atoms with van der Waals surface area (Å²) in [6.45, 7) is 4.63. The molecule has 2 atom stereocenters. The van der Waals surface area contributed by atoms with E-state index >= 15 is 0 Å². The van der Waals surface area contributed by atoms with Crippen LogP contribution in [0.1, 0.15) is 38.5 Å². The fraction of sp³-hybridized carbons (Fsp3) is 0.700. The highest BCUT2D eigenvalue weighted by molar-refractivity contribution is 14.1. The van der Waals surface area contributed by atoms with Crippen molar-refractivity contribution in [3.8, 4) is 0 Å². The quantitative estimate of drug-likeness (QED) is 0.647. The summed E-state index contributed by atoms with van der Waals surface area (Å²) in [6, 6.07) is 3.21. The second-order valence-corrected chi connectivity index (χ2v) is 9.77.